The van der Waals surface area contributed by atoms with Crippen molar-refractivity contribution >= 4 is 15.9 Å². The van der Waals surface area contributed by atoms with Crippen LogP contribution in [0.5, 0.6) is 5.75 Å². The van der Waals surface area contributed by atoms with Gasteiger partial charge in [0.05, 0.1) is 4.90 Å². The van der Waals surface area contributed by atoms with E-state index in [-0.39, 0.29) is 17.4 Å². The van der Waals surface area contributed by atoms with E-state index in [9.17, 15) is 13.2 Å². The zero-order chi connectivity index (χ0) is 16.2. The first-order chi connectivity index (χ1) is 9.62. The maximum absolute atomic E-state index is 11.6. The average Bonchev–Trinajstić information content (AvgIpc) is 2.36. The van der Waals surface area contributed by atoms with Crippen LogP contribution in [0.25, 0.3) is 0 Å². The highest BCUT2D eigenvalue weighted by Crippen LogP contribution is 2.26. The van der Waals surface area contributed by atoms with Gasteiger partial charge < -0.3 is 10.1 Å². The van der Waals surface area contributed by atoms with Crippen LogP contribution in [-0.2, 0) is 14.8 Å². The average molecular weight is 314 g/mol. The molecule has 1 aromatic carbocycles. The van der Waals surface area contributed by atoms with Gasteiger partial charge in [-0.2, -0.15) is 0 Å². The Morgan fingerprint density at radius 2 is 1.90 bits per heavy atom. The third-order valence-corrected chi connectivity index (χ3v) is 4.12. The highest BCUT2D eigenvalue weighted by atomic mass is 32.2. The maximum atomic E-state index is 11.6. The fraction of sp³-hybridized carbons (Fsp3) is 0.500. The summed E-state index contributed by atoms with van der Waals surface area (Å²) in [5.41, 5.74) is 1.18. The second-order valence-corrected chi connectivity index (χ2v) is 6.87. The standard InChI is InChI=1S/C14H22N2O4S/c1-9(2)7-16-14(17)8-20-12-5-6-13(21(15,18)19)11(4)10(12)3/h5-6,9H,7-8H2,1-4H3,(H,16,17)(H2,15,18,19). The first kappa shape index (κ1) is 17.5. The minimum Gasteiger partial charge on any atom is -0.483 e. The van der Waals surface area contributed by atoms with Gasteiger partial charge in [0.15, 0.2) is 6.61 Å². The van der Waals surface area contributed by atoms with E-state index in [1.807, 2.05) is 13.8 Å². The molecule has 0 unspecified atom stereocenters. The summed E-state index contributed by atoms with van der Waals surface area (Å²) in [4.78, 5) is 11.7. The van der Waals surface area contributed by atoms with Crippen molar-refractivity contribution in [2.75, 3.05) is 13.2 Å². The zero-order valence-corrected chi connectivity index (χ0v) is 13.6. The molecule has 7 heteroatoms. The molecular formula is C14H22N2O4S. The van der Waals surface area contributed by atoms with Crippen molar-refractivity contribution in [1.82, 2.24) is 5.32 Å². The number of nitrogens with one attached hydrogen (secondary N) is 1. The van der Waals surface area contributed by atoms with Gasteiger partial charge in [-0.05, 0) is 43.0 Å². The fourth-order valence-electron chi connectivity index (χ4n) is 1.75. The van der Waals surface area contributed by atoms with Gasteiger partial charge in [0.2, 0.25) is 10.0 Å². The SMILES string of the molecule is Cc1c(OCC(=O)NCC(C)C)ccc(S(N)(=O)=O)c1C. The summed E-state index contributed by atoms with van der Waals surface area (Å²) in [7, 11) is -3.76. The molecule has 21 heavy (non-hydrogen) atoms. The Morgan fingerprint density at radius 1 is 1.29 bits per heavy atom. The number of rotatable bonds is 6. The molecule has 0 saturated heterocycles. The lowest BCUT2D eigenvalue weighted by molar-refractivity contribution is -0.123. The van der Waals surface area contributed by atoms with Crippen molar-refractivity contribution in [2.45, 2.75) is 32.6 Å². The fourth-order valence-corrected chi connectivity index (χ4v) is 2.59. The van der Waals surface area contributed by atoms with Crippen LogP contribution in [0.3, 0.4) is 0 Å². The molecular weight excluding hydrogens is 292 g/mol. The summed E-state index contributed by atoms with van der Waals surface area (Å²) in [6.07, 6.45) is 0. The molecule has 3 N–H and O–H groups in total. The van der Waals surface area contributed by atoms with E-state index in [0.717, 1.165) is 0 Å². The highest BCUT2D eigenvalue weighted by molar-refractivity contribution is 7.89. The number of nitrogens with two attached hydrogens (primary N) is 1. The zero-order valence-electron chi connectivity index (χ0n) is 12.8. The summed E-state index contributed by atoms with van der Waals surface area (Å²) in [5, 5.41) is 7.88. The van der Waals surface area contributed by atoms with E-state index >= 15 is 0 Å². The Hall–Kier alpha value is -1.60. The molecule has 0 atom stereocenters. The Kier molecular flexibility index (Phi) is 5.74. The van der Waals surface area contributed by atoms with Gasteiger partial charge in [0, 0.05) is 6.54 Å². The summed E-state index contributed by atoms with van der Waals surface area (Å²) in [6.45, 7) is 7.86. The molecule has 0 bridgehead atoms. The largest absolute Gasteiger partial charge is 0.483 e. The molecule has 0 aliphatic carbocycles. The molecule has 0 aromatic heterocycles. The van der Waals surface area contributed by atoms with E-state index in [4.69, 9.17) is 9.88 Å². The number of primary sulfonamides is 1. The lowest BCUT2D eigenvalue weighted by atomic mass is 10.1. The van der Waals surface area contributed by atoms with E-state index in [0.29, 0.717) is 29.3 Å². The lowest BCUT2D eigenvalue weighted by Crippen LogP contribution is -2.31. The van der Waals surface area contributed by atoms with Gasteiger partial charge in [-0.3, -0.25) is 4.79 Å². The summed E-state index contributed by atoms with van der Waals surface area (Å²) >= 11 is 0. The lowest BCUT2D eigenvalue weighted by Gasteiger charge is -2.14. The second-order valence-electron chi connectivity index (χ2n) is 5.34. The van der Waals surface area contributed by atoms with Gasteiger partial charge in [-0.15, -0.1) is 0 Å². The number of benzene rings is 1. The van der Waals surface area contributed by atoms with Crippen molar-refractivity contribution in [1.29, 1.82) is 0 Å². The summed E-state index contributed by atoms with van der Waals surface area (Å²) < 4.78 is 28.2. The minimum absolute atomic E-state index is 0.0663. The molecule has 118 valence electrons. The molecule has 6 nitrogen and oxygen atoms in total. The number of carbonyl (C=O) groups excluding carboxylic acids is 1. The highest BCUT2D eigenvalue weighted by Gasteiger charge is 2.16. The van der Waals surface area contributed by atoms with Crippen LogP contribution in [-0.4, -0.2) is 27.5 Å². The first-order valence-electron chi connectivity index (χ1n) is 6.65. The van der Waals surface area contributed by atoms with Gasteiger partial charge in [0.1, 0.15) is 5.75 Å². The number of sulfonamides is 1. The van der Waals surface area contributed by atoms with Crippen molar-refractivity contribution in [3.63, 3.8) is 0 Å². The van der Waals surface area contributed by atoms with E-state index in [1.54, 1.807) is 13.8 Å². The molecule has 0 aliphatic rings. The number of hydrogen-bond acceptors (Lipinski definition) is 4. The minimum atomic E-state index is -3.76. The molecule has 0 spiro atoms. The number of carbonyl (C=O) groups is 1. The molecule has 1 rings (SSSR count). The molecule has 1 amide bonds. The van der Waals surface area contributed by atoms with Crippen molar-refractivity contribution in [3.8, 4) is 5.75 Å². The molecule has 0 saturated carbocycles. The van der Waals surface area contributed by atoms with Crippen LogP contribution >= 0.6 is 0 Å². The summed E-state index contributed by atoms with van der Waals surface area (Å²) in [5.74, 6) is 0.628. The van der Waals surface area contributed by atoms with Crippen LogP contribution in [0, 0.1) is 19.8 Å². The summed E-state index contributed by atoms with van der Waals surface area (Å²) in [6, 6.07) is 2.90. The molecule has 0 radical (unpaired) electrons. The van der Waals surface area contributed by atoms with Crippen molar-refractivity contribution < 1.29 is 17.9 Å². The molecule has 0 heterocycles. The Bertz CT molecular complexity index is 624. The van der Waals surface area contributed by atoms with Crippen molar-refractivity contribution in [2.24, 2.45) is 11.1 Å². The van der Waals surface area contributed by atoms with Crippen LogP contribution in [0.15, 0.2) is 17.0 Å². The normalized spacial score (nSPS) is 11.5. The van der Waals surface area contributed by atoms with Crippen LogP contribution in [0.4, 0.5) is 0 Å². The third-order valence-electron chi connectivity index (χ3n) is 3.06. The maximum Gasteiger partial charge on any atom is 0.257 e. The number of hydrogen-bond donors (Lipinski definition) is 2. The predicted molar refractivity (Wildman–Crippen MR) is 80.6 cm³/mol. The number of ether oxygens (including phenoxy) is 1. The van der Waals surface area contributed by atoms with Gasteiger partial charge in [0.25, 0.3) is 5.91 Å². The first-order valence-corrected chi connectivity index (χ1v) is 8.20. The third kappa shape index (κ3) is 5.02. The Balaban J connectivity index is 2.78. The van der Waals surface area contributed by atoms with E-state index in [2.05, 4.69) is 5.32 Å². The van der Waals surface area contributed by atoms with E-state index < -0.39 is 10.0 Å². The Morgan fingerprint density at radius 3 is 2.43 bits per heavy atom. The molecule has 1 aromatic rings. The van der Waals surface area contributed by atoms with Crippen LogP contribution < -0.4 is 15.2 Å². The van der Waals surface area contributed by atoms with Crippen LogP contribution in [0.1, 0.15) is 25.0 Å². The van der Waals surface area contributed by atoms with Gasteiger partial charge in [-0.25, -0.2) is 13.6 Å². The monoisotopic (exact) mass is 314 g/mol. The Labute approximate surface area is 125 Å². The van der Waals surface area contributed by atoms with Gasteiger partial charge in [-0.1, -0.05) is 13.8 Å². The molecule has 0 fully saturated rings. The second kappa shape index (κ2) is 6.91. The van der Waals surface area contributed by atoms with E-state index in [1.165, 1.54) is 12.1 Å². The number of amides is 1. The molecule has 0 aliphatic heterocycles. The topological polar surface area (TPSA) is 98.5 Å². The predicted octanol–water partition coefficient (Wildman–Crippen LogP) is 1.10. The smallest absolute Gasteiger partial charge is 0.257 e. The van der Waals surface area contributed by atoms with Crippen LogP contribution in [0.2, 0.25) is 0 Å². The van der Waals surface area contributed by atoms with Gasteiger partial charge >= 0.3 is 0 Å². The van der Waals surface area contributed by atoms with Crippen molar-refractivity contribution in [3.05, 3.63) is 23.3 Å². The quantitative estimate of drug-likeness (QED) is 0.821.